The number of aliphatic carboxylic acids is 1. The minimum absolute atomic E-state index is 0.117. The zero-order valence-corrected chi connectivity index (χ0v) is 12.4. The van der Waals surface area contributed by atoms with Gasteiger partial charge in [-0.3, -0.25) is 4.79 Å². The standard InChI is InChI=1S/C11H22N2O2.C2H4O2/c1-5-6-13(4,7-8-14)9-12-11(15)10(2)3;1-2(3)4/h14H,2,5-9H2,1,3-4H3;1H3,(H,3,4). The Labute approximate surface area is 115 Å². The van der Waals surface area contributed by atoms with E-state index in [-0.39, 0.29) is 12.5 Å². The lowest BCUT2D eigenvalue weighted by atomic mass is 10.3. The van der Waals surface area contributed by atoms with Crippen LogP contribution >= 0.6 is 0 Å². The van der Waals surface area contributed by atoms with E-state index < -0.39 is 5.97 Å². The van der Waals surface area contributed by atoms with E-state index in [0.29, 0.717) is 23.3 Å². The number of likely N-dealkylation sites (N-methyl/N-ethyl adjacent to an activating group) is 1. The topological polar surface area (TPSA) is 89.5 Å². The number of rotatable bonds is 7. The van der Waals surface area contributed by atoms with Crippen molar-refractivity contribution >= 4 is 11.9 Å². The van der Waals surface area contributed by atoms with Crippen LogP contribution in [0.1, 0.15) is 27.2 Å². The lowest BCUT2D eigenvalue weighted by Gasteiger charge is -2.33. The summed E-state index contributed by atoms with van der Waals surface area (Å²) < 4.78 is 0.659. The zero-order chi connectivity index (χ0) is 15.5. The molecule has 1 atom stereocenters. The number of hydrogen-bond acceptors (Lipinski definition) is 4. The van der Waals surface area contributed by atoms with Gasteiger partial charge in [0.1, 0.15) is 6.54 Å². The van der Waals surface area contributed by atoms with Crippen molar-refractivity contribution in [2.45, 2.75) is 27.2 Å². The van der Waals surface area contributed by atoms with Gasteiger partial charge in [0.15, 0.2) is 6.67 Å². The normalized spacial score (nSPS) is 12.7. The Morgan fingerprint density at radius 1 is 1.32 bits per heavy atom. The first-order valence-electron chi connectivity index (χ1n) is 6.24. The number of nitrogens with one attached hydrogen (secondary N) is 1. The molecule has 0 spiro atoms. The smallest absolute Gasteiger partial charge is 0.250 e. The second-order valence-corrected chi connectivity index (χ2v) is 4.73. The Balaban J connectivity index is 0. The molecule has 6 nitrogen and oxygen atoms in total. The van der Waals surface area contributed by atoms with E-state index in [1.807, 2.05) is 7.05 Å². The molecule has 19 heavy (non-hydrogen) atoms. The molecule has 1 unspecified atom stereocenters. The number of aliphatic hydroxyl groups is 1. The number of aliphatic hydroxyl groups excluding tert-OH is 1. The van der Waals surface area contributed by atoms with E-state index in [2.05, 4.69) is 18.8 Å². The van der Waals surface area contributed by atoms with Crippen LogP contribution in [0.15, 0.2) is 12.2 Å². The summed E-state index contributed by atoms with van der Waals surface area (Å²) in [6, 6.07) is 0. The Kier molecular flexibility index (Phi) is 11.0. The zero-order valence-electron chi connectivity index (χ0n) is 12.4. The van der Waals surface area contributed by atoms with Crippen molar-refractivity contribution < 1.29 is 24.3 Å². The van der Waals surface area contributed by atoms with Crippen LogP contribution in [0.25, 0.3) is 0 Å². The molecule has 0 aromatic heterocycles. The lowest BCUT2D eigenvalue weighted by molar-refractivity contribution is -0.911. The predicted octanol–water partition coefficient (Wildman–Crippen LogP) is -0.759. The van der Waals surface area contributed by atoms with E-state index in [1.165, 1.54) is 0 Å². The van der Waals surface area contributed by atoms with E-state index in [1.54, 1.807) is 6.92 Å². The molecule has 0 heterocycles. The second kappa shape index (κ2) is 10.5. The van der Waals surface area contributed by atoms with Crippen molar-refractivity contribution in [2.75, 3.05) is 33.4 Å². The van der Waals surface area contributed by atoms with Crippen molar-refractivity contribution in [3.05, 3.63) is 12.2 Å². The van der Waals surface area contributed by atoms with Gasteiger partial charge in [-0.05, 0) is 20.3 Å². The first-order valence-corrected chi connectivity index (χ1v) is 6.24. The molecule has 0 aromatic rings. The molecule has 0 rings (SSSR count). The van der Waals surface area contributed by atoms with Crippen LogP contribution in [-0.2, 0) is 9.59 Å². The van der Waals surface area contributed by atoms with Crippen LogP contribution in [0, 0.1) is 0 Å². The monoisotopic (exact) mass is 274 g/mol. The Morgan fingerprint density at radius 2 is 1.79 bits per heavy atom. The summed E-state index contributed by atoms with van der Waals surface area (Å²) in [4.78, 5) is 20.2. The Hall–Kier alpha value is -1.40. The highest BCUT2D eigenvalue weighted by Crippen LogP contribution is 2.02. The van der Waals surface area contributed by atoms with Crippen molar-refractivity contribution in [3.8, 4) is 0 Å². The minimum atomic E-state index is -1.08. The maximum absolute atomic E-state index is 11.3. The van der Waals surface area contributed by atoms with Crippen LogP contribution < -0.4 is 10.4 Å². The maximum Gasteiger partial charge on any atom is 0.250 e. The first-order chi connectivity index (χ1) is 8.68. The van der Waals surface area contributed by atoms with Crippen molar-refractivity contribution in [3.63, 3.8) is 0 Å². The van der Waals surface area contributed by atoms with Crippen LogP contribution in [0.5, 0.6) is 0 Å². The average Bonchev–Trinajstić information content (AvgIpc) is 2.25. The first kappa shape index (κ1) is 19.9. The number of carbonyl (C=O) groups excluding carboxylic acids is 2. The summed E-state index contributed by atoms with van der Waals surface area (Å²) in [5.41, 5.74) is 0.516. The van der Waals surface area contributed by atoms with Crippen molar-refractivity contribution in [1.82, 2.24) is 5.32 Å². The fourth-order valence-corrected chi connectivity index (χ4v) is 1.46. The predicted molar refractivity (Wildman–Crippen MR) is 71.8 cm³/mol. The molecule has 6 heteroatoms. The van der Waals surface area contributed by atoms with E-state index >= 15 is 0 Å². The van der Waals surface area contributed by atoms with Gasteiger partial charge < -0.3 is 24.8 Å². The number of nitrogens with zero attached hydrogens (tertiary/aromatic N) is 1. The molecular weight excluding hydrogens is 248 g/mol. The van der Waals surface area contributed by atoms with Gasteiger partial charge >= 0.3 is 0 Å². The molecule has 0 bridgehead atoms. The molecule has 0 aliphatic heterocycles. The van der Waals surface area contributed by atoms with Gasteiger partial charge in [0.25, 0.3) is 5.91 Å². The molecule has 0 radical (unpaired) electrons. The Bertz CT molecular complexity index is 293. The number of amides is 1. The van der Waals surface area contributed by atoms with Gasteiger partial charge in [-0.15, -0.1) is 0 Å². The van der Waals surface area contributed by atoms with E-state index in [4.69, 9.17) is 15.0 Å². The van der Waals surface area contributed by atoms with E-state index in [0.717, 1.165) is 19.9 Å². The third-order valence-electron chi connectivity index (χ3n) is 2.41. The number of carboxylic acid groups (broad SMARTS) is 1. The van der Waals surface area contributed by atoms with E-state index in [9.17, 15) is 4.79 Å². The number of carbonyl (C=O) groups is 2. The third-order valence-corrected chi connectivity index (χ3v) is 2.41. The Morgan fingerprint density at radius 3 is 2.11 bits per heavy atom. The molecule has 0 saturated carbocycles. The van der Waals surface area contributed by atoms with Gasteiger partial charge in [-0.2, -0.15) is 0 Å². The van der Waals surface area contributed by atoms with Gasteiger partial charge in [0.05, 0.1) is 20.2 Å². The minimum Gasteiger partial charge on any atom is -0.550 e. The van der Waals surface area contributed by atoms with Gasteiger partial charge in [0, 0.05) is 11.5 Å². The second-order valence-electron chi connectivity index (χ2n) is 4.73. The largest absolute Gasteiger partial charge is 0.550 e. The SMILES string of the molecule is C=C(C)C(=O)NC[N+](C)(CCC)CCO.CC(=O)[O-]. The highest BCUT2D eigenvalue weighted by Gasteiger charge is 2.20. The molecule has 0 aromatic carbocycles. The quantitative estimate of drug-likeness (QED) is 0.363. The van der Waals surface area contributed by atoms with Crippen LogP contribution in [0.3, 0.4) is 0 Å². The van der Waals surface area contributed by atoms with Gasteiger partial charge in [-0.1, -0.05) is 13.5 Å². The number of hydrogen-bond donors (Lipinski definition) is 2. The summed E-state index contributed by atoms with van der Waals surface area (Å²) >= 11 is 0. The van der Waals surface area contributed by atoms with Gasteiger partial charge in [-0.25, -0.2) is 0 Å². The van der Waals surface area contributed by atoms with Crippen molar-refractivity contribution in [1.29, 1.82) is 0 Å². The molecule has 0 saturated heterocycles. The summed E-state index contributed by atoms with van der Waals surface area (Å²) in [5, 5.41) is 20.7. The number of carboxylic acids is 1. The summed E-state index contributed by atoms with van der Waals surface area (Å²) in [5.74, 6) is -1.20. The average molecular weight is 274 g/mol. The van der Waals surface area contributed by atoms with Crippen LogP contribution in [-0.4, -0.2) is 54.9 Å². The summed E-state index contributed by atoms with van der Waals surface area (Å²) in [6.07, 6.45) is 1.03. The highest BCUT2D eigenvalue weighted by atomic mass is 16.4. The maximum atomic E-state index is 11.3. The molecule has 2 N–H and O–H groups in total. The number of quaternary nitrogens is 1. The molecule has 0 aliphatic rings. The fourth-order valence-electron chi connectivity index (χ4n) is 1.46. The molecule has 0 aliphatic carbocycles. The van der Waals surface area contributed by atoms with Crippen LogP contribution in [0.4, 0.5) is 0 Å². The van der Waals surface area contributed by atoms with Crippen molar-refractivity contribution in [2.24, 2.45) is 0 Å². The summed E-state index contributed by atoms with van der Waals surface area (Å²) in [6.45, 7) is 10.6. The third kappa shape index (κ3) is 12.8. The summed E-state index contributed by atoms with van der Waals surface area (Å²) in [7, 11) is 2.03. The molecule has 112 valence electrons. The fraction of sp³-hybridized carbons (Fsp3) is 0.692. The lowest BCUT2D eigenvalue weighted by Crippen LogP contribution is -2.53. The van der Waals surface area contributed by atoms with Gasteiger partial charge in [0.2, 0.25) is 0 Å². The highest BCUT2D eigenvalue weighted by molar-refractivity contribution is 5.91. The van der Waals surface area contributed by atoms with Crippen LogP contribution in [0.2, 0.25) is 0 Å². The molecule has 0 fully saturated rings. The molecule has 1 amide bonds. The molecular formula is C13H26N2O4.